The van der Waals surface area contributed by atoms with Crippen LogP contribution in [0.2, 0.25) is 0 Å². The zero-order valence-electron chi connectivity index (χ0n) is 15.6. The molecule has 2 nitrogen and oxygen atoms in total. The summed E-state index contributed by atoms with van der Waals surface area (Å²) in [6, 6.07) is 0. The van der Waals surface area contributed by atoms with Crippen LogP contribution in [0.1, 0.15) is 51.3 Å². The Morgan fingerprint density at radius 2 is 1.72 bits per heavy atom. The first kappa shape index (κ1) is 19.5. The number of ether oxygens (including phenoxy) is 1. The zero-order chi connectivity index (χ0) is 19.1. The number of carbonyl (C=O) groups excluding carboxylic acids is 1. The second-order valence-electron chi connectivity index (χ2n) is 7.55. The lowest BCUT2D eigenvalue weighted by Gasteiger charge is -2.14. The molecule has 1 aliphatic rings. The van der Waals surface area contributed by atoms with Gasteiger partial charge in [-0.25, -0.2) is 13.2 Å². The van der Waals surface area contributed by atoms with Crippen LogP contribution in [0.3, 0.4) is 0 Å². The van der Waals surface area contributed by atoms with Crippen molar-refractivity contribution >= 4 is 5.97 Å². The summed E-state index contributed by atoms with van der Waals surface area (Å²) in [5, 5.41) is 0. The highest BCUT2D eigenvalue weighted by Crippen LogP contribution is 2.59. The first-order valence-corrected chi connectivity index (χ1v) is 8.50. The highest BCUT2D eigenvalue weighted by Gasteiger charge is 2.61. The summed E-state index contributed by atoms with van der Waals surface area (Å²) in [5.74, 6) is -3.87. The molecule has 0 radical (unpaired) electrons. The fourth-order valence-corrected chi connectivity index (χ4v) is 3.43. The van der Waals surface area contributed by atoms with E-state index in [0.717, 1.165) is 5.57 Å². The molecule has 25 heavy (non-hydrogen) atoms. The number of allylic oxidation sites excluding steroid dienone is 2. The lowest BCUT2D eigenvalue weighted by molar-refractivity contribution is -0.147. The van der Waals surface area contributed by atoms with Crippen molar-refractivity contribution < 1.29 is 22.7 Å². The van der Waals surface area contributed by atoms with Crippen molar-refractivity contribution in [3.05, 3.63) is 45.8 Å². The Labute approximate surface area is 147 Å². The van der Waals surface area contributed by atoms with E-state index in [4.69, 9.17) is 4.74 Å². The fraction of sp³-hybridized carbons (Fsp3) is 0.550. The molecular weight excluding hydrogens is 329 g/mol. The maximum atomic E-state index is 14.2. The van der Waals surface area contributed by atoms with Gasteiger partial charge in [-0.1, -0.05) is 32.4 Å². The molecule has 5 heteroatoms. The van der Waals surface area contributed by atoms with Gasteiger partial charge in [0, 0.05) is 11.1 Å². The van der Waals surface area contributed by atoms with Crippen LogP contribution in [0.4, 0.5) is 13.2 Å². The lowest BCUT2D eigenvalue weighted by Crippen LogP contribution is -2.14. The third kappa shape index (κ3) is 3.46. The van der Waals surface area contributed by atoms with Crippen molar-refractivity contribution in [2.75, 3.05) is 0 Å². The van der Waals surface area contributed by atoms with Gasteiger partial charge < -0.3 is 4.74 Å². The highest BCUT2D eigenvalue weighted by atomic mass is 19.2. The summed E-state index contributed by atoms with van der Waals surface area (Å²) in [4.78, 5) is 12.4. The summed E-state index contributed by atoms with van der Waals surface area (Å²) in [5.41, 5.74) is 0.366. The second kappa shape index (κ2) is 6.85. The first-order chi connectivity index (χ1) is 11.5. The molecule has 1 aliphatic carbocycles. The highest BCUT2D eigenvalue weighted by molar-refractivity contribution is 5.78. The van der Waals surface area contributed by atoms with E-state index in [0.29, 0.717) is 0 Å². The predicted molar refractivity (Wildman–Crippen MR) is 90.4 cm³/mol. The zero-order valence-corrected chi connectivity index (χ0v) is 15.6. The molecule has 1 fully saturated rings. The summed E-state index contributed by atoms with van der Waals surface area (Å²) < 4.78 is 47.4. The monoisotopic (exact) mass is 354 g/mol. The quantitative estimate of drug-likeness (QED) is 0.410. The van der Waals surface area contributed by atoms with E-state index in [-0.39, 0.29) is 40.4 Å². The number of halogens is 3. The lowest BCUT2D eigenvalue weighted by atomic mass is 10.0. The molecule has 0 spiro atoms. The molecule has 1 aromatic rings. The molecular formula is C20H25F3O2. The maximum absolute atomic E-state index is 14.2. The number of benzene rings is 1. The van der Waals surface area contributed by atoms with E-state index in [1.807, 2.05) is 33.8 Å². The van der Waals surface area contributed by atoms with Crippen LogP contribution < -0.4 is 0 Å². The molecule has 0 aromatic heterocycles. The average Bonchev–Trinajstić information content (AvgIpc) is 3.06. The van der Waals surface area contributed by atoms with Crippen LogP contribution in [0.15, 0.2) is 11.6 Å². The Kier molecular flexibility index (Phi) is 5.35. The summed E-state index contributed by atoms with van der Waals surface area (Å²) in [6.45, 7) is 10.2. The van der Waals surface area contributed by atoms with Crippen LogP contribution in [-0.4, -0.2) is 5.97 Å². The molecule has 2 rings (SSSR count). The smallest absolute Gasteiger partial charge is 0.310 e. The van der Waals surface area contributed by atoms with E-state index in [2.05, 4.69) is 0 Å². The predicted octanol–water partition coefficient (Wildman–Crippen LogP) is 5.26. The van der Waals surface area contributed by atoms with Gasteiger partial charge in [-0.2, -0.15) is 0 Å². The van der Waals surface area contributed by atoms with Crippen LogP contribution >= 0.6 is 0 Å². The third-order valence-electron chi connectivity index (χ3n) is 5.14. The van der Waals surface area contributed by atoms with Crippen LogP contribution in [-0.2, 0) is 22.6 Å². The largest absolute Gasteiger partial charge is 0.460 e. The SMILES string of the molecule is CCc1c(F)c(C)c(F)c(F)c1COC(=O)[C@@H]1[C@@H](C=C(C)C)C1(C)C. The average molecular weight is 354 g/mol. The van der Waals surface area contributed by atoms with E-state index in [1.165, 1.54) is 6.92 Å². The molecule has 1 saturated carbocycles. The van der Waals surface area contributed by atoms with Crippen LogP contribution in [0.5, 0.6) is 0 Å². The molecule has 2 atom stereocenters. The minimum Gasteiger partial charge on any atom is -0.460 e. The molecule has 0 aliphatic heterocycles. The number of carbonyl (C=O) groups is 1. The third-order valence-corrected chi connectivity index (χ3v) is 5.14. The standard InChI is InChI=1S/C20H25F3O2/c1-7-12-13(18(23)17(22)11(4)16(12)21)9-25-19(24)15-14(8-10(2)3)20(15,5)6/h8,14-15H,7,9H2,1-6H3/t14-,15+/m1/s1. The van der Waals surface area contributed by atoms with Crippen LogP contribution in [0, 0.1) is 41.6 Å². The van der Waals surface area contributed by atoms with Gasteiger partial charge in [0.15, 0.2) is 11.6 Å². The van der Waals surface area contributed by atoms with Crippen molar-refractivity contribution in [3.63, 3.8) is 0 Å². The molecule has 0 bridgehead atoms. The van der Waals surface area contributed by atoms with Crippen molar-refractivity contribution in [1.29, 1.82) is 0 Å². The van der Waals surface area contributed by atoms with Gasteiger partial charge in [-0.05, 0) is 44.1 Å². The fourth-order valence-electron chi connectivity index (χ4n) is 3.43. The Balaban J connectivity index is 2.20. The molecule has 0 N–H and O–H groups in total. The summed E-state index contributed by atoms with van der Waals surface area (Å²) in [7, 11) is 0. The molecule has 138 valence electrons. The van der Waals surface area contributed by atoms with Gasteiger partial charge >= 0.3 is 5.97 Å². The molecule has 0 saturated heterocycles. The van der Waals surface area contributed by atoms with Gasteiger partial charge in [-0.3, -0.25) is 4.79 Å². The van der Waals surface area contributed by atoms with Gasteiger partial charge in [0.25, 0.3) is 0 Å². The molecule has 0 heterocycles. The minimum atomic E-state index is -1.23. The Morgan fingerprint density at radius 3 is 2.24 bits per heavy atom. The molecule has 0 amide bonds. The number of rotatable bonds is 5. The summed E-state index contributed by atoms with van der Waals surface area (Å²) >= 11 is 0. The van der Waals surface area contributed by atoms with Crippen molar-refractivity contribution in [1.82, 2.24) is 0 Å². The van der Waals surface area contributed by atoms with Crippen LogP contribution in [0.25, 0.3) is 0 Å². The van der Waals surface area contributed by atoms with Crippen molar-refractivity contribution in [2.24, 2.45) is 17.3 Å². The van der Waals surface area contributed by atoms with E-state index < -0.39 is 30.0 Å². The summed E-state index contributed by atoms with van der Waals surface area (Å²) in [6.07, 6.45) is 2.21. The van der Waals surface area contributed by atoms with Crippen molar-refractivity contribution in [3.8, 4) is 0 Å². The van der Waals surface area contributed by atoms with Gasteiger partial charge in [-0.15, -0.1) is 0 Å². The Morgan fingerprint density at radius 1 is 1.12 bits per heavy atom. The first-order valence-electron chi connectivity index (χ1n) is 8.50. The minimum absolute atomic E-state index is 0.0557. The van der Waals surface area contributed by atoms with E-state index >= 15 is 0 Å². The normalized spacial score (nSPS) is 21.0. The van der Waals surface area contributed by atoms with Gasteiger partial charge in [0.2, 0.25) is 0 Å². The topological polar surface area (TPSA) is 26.3 Å². The number of hydrogen-bond acceptors (Lipinski definition) is 2. The second-order valence-corrected chi connectivity index (χ2v) is 7.55. The number of hydrogen-bond donors (Lipinski definition) is 0. The Hall–Kier alpha value is -1.78. The molecule has 0 unspecified atom stereocenters. The maximum Gasteiger partial charge on any atom is 0.310 e. The molecule has 1 aromatic carbocycles. The van der Waals surface area contributed by atoms with Crippen molar-refractivity contribution in [2.45, 2.75) is 54.6 Å². The van der Waals surface area contributed by atoms with Gasteiger partial charge in [0.1, 0.15) is 12.4 Å². The Bertz CT molecular complexity index is 731. The number of esters is 1. The van der Waals surface area contributed by atoms with Gasteiger partial charge in [0.05, 0.1) is 5.92 Å². The van der Waals surface area contributed by atoms with E-state index in [1.54, 1.807) is 6.92 Å². The van der Waals surface area contributed by atoms with E-state index in [9.17, 15) is 18.0 Å².